The molecule has 3 N–H and O–H groups in total. The second-order valence-electron chi connectivity index (χ2n) is 7.56. The minimum absolute atomic E-state index is 0. The van der Waals surface area contributed by atoms with Crippen LogP contribution in [0.5, 0.6) is 0 Å². The van der Waals surface area contributed by atoms with Gasteiger partial charge in [0.05, 0.1) is 0 Å². The second kappa shape index (κ2) is 13.5. The topological polar surface area (TPSA) is 58.4 Å². The smallest absolute Gasteiger partial charge is 0.251 e. The van der Waals surface area contributed by atoms with Crippen LogP contribution in [-0.2, 0) is 6.42 Å². The number of piperidine rings is 1. The van der Waals surface area contributed by atoms with E-state index in [-0.39, 0.29) is 30.7 Å². The third-order valence-corrected chi connectivity index (χ3v) is 5.41. The van der Waals surface area contributed by atoms with Crippen molar-refractivity contribution >= 4 is 36.4 Å². The number of hydrogen-bond donors (Lipinski definition) is 2. The van der Waals surface area contributed by atoms with E-state index in [0.29, 0.717) is 11.3 Å². The number of anilines is 1. The van der Waals surface area contributed by atoms with Gasteiger partial charge in [0.25, 0.3) is 5.91 Å². The number of benzene rings is 2. The van der Waals surface area contributed by atoms with Crippen LogP contribution in [-0.4, -0.2) is 37.0 Å². The van der Waals surface area contributed by atoms with E-state index in [1.165, 1.54) is 37.9 Å². The normalized spacial score (nSPS) is 14.5. The van der Waals surface area contributed by atoms with Gasteiger partial charge in [-0.15, -0.1) is 24.8 Å². The molecule has 0 aromatic heterocycles. The van der Waals surface area contributed by atoms with Crippen molar-refractivity contribution in [2.75, 3.05) is 31.9 Å². The molecule has 0 saturated carbocycles. The standard InChI is InChI=1S/C23H31N3O.2ClH/c24-22-10-6-9-21(18-22)23(27)25-13-4-5-14-26-15-11-20(12-16-26)17-19-7-2-1-3-8-19;;/h1-3,6-10,18,20H,4-5,11-17,24H2,(H,25,27);2*1H. The van der Waals surface area contributed by atoms with Crippen molar-refractivity contribution in [2.24, 2.45) is 5.92 Å². The predicted molar refractivity (Wildman–Crippen MR) is 126 cm³/mol. The Hall–Kier alpha value is -1.75. The maximum atomic E-state index is 12.1. The largest absolute Gasteiger partial charge is 0.399 e. The highest BCUT2D eigenvalue weighted by atomic mass is 35.5. The third-order valence-electron chi connectivity index (χ3n) is 5.41. The molecule has 4 nitrogen and oxygen atoms in total. The Bertz CT molecular complexity index is 719. The SMILES string of the molecule is Cl.Cl.Nc1cccc(C(=O)NCCCCN2CCC(Cc3ccccc3)CC2)c1. The van der Waals surface area contributed by atoms with E-state index in [4.69, 9.17) is 5.73 Å². The van der Waals surface area contributed by atoms with Gasteiger partial charge in [0.15, 0.2) is 0 Å². The lowest BCUT2D eigenvalue weighted by atomic mass is 9.90. The molecule has 2 aromatic rings. The number of hydrogen-bond acceptors (Lipinski definition) is 3. The summed E-state index contributed by atoms with van der Waals surface area (Å²) in [5.41, 5.74) is 8.45. The summed E-state index contributed by atoms with van der Waals surface area (Å²) in [5.74, 6) is 0.783. The fourth-order valence-corrected chi connectivity index (χ4v) is 3.81. The van der Waals surface area contributed by atoms with Crippen molar-refractivity contribution in [2.45, 2.75) is 32.1 Å². The first-order valence-corrected chi connectivity index (χ1v) is 10.1. The van der Waals surface area contributed by atoms with Crippen molar-refractivity contribution in [3.05, 3.63) is 65.7 Å². The lowest BCUT2D eigenvalue weighted by Gasteiger charge is -2.32. The van der Waals surface area contributed by atoms with E-state index in [1.54, 1.807) is 18.2 Å². The summed E-state index contributed by atoms with van der Waals surface area (Å²) in [6.45, 7) is 4.25. The molecule has 0 bridgehead atoms. The number of carbonyl (C=O) groups is 1. The maximum Gasteiger partial charge on any atom is 0.251 e. The van der Waals surface area contributed by atoms with Crippen LogP contribution in [0.2, 0.25) is 0 Å². The number of halogens is 2. The molecular formula is C23H33Cl2N3O. The van der Waals surface area contributed by atoms with Crippen LogP contribution >= 0.6 is 24.8 Å². The predicted octanol–water partition coefficient (Wildman–Crippen LogP) is 4.58. The summed E-state index contributed by atoms with van der Waals surface area (Å²) in [7, 11) is 0. The molecule has 1 amide bonds. The van der Waals surface area contributed by atoms with Crippen LogP contribution in [0.3, 0.4) is 0 Å². The van der Waals surface area contributed by atoms with Crippen molar-refractivity contribution in [1.29, 1.82) is 0 Å². The first kappa shape index (κ1) is 25.3. The van der Waals surface area contributed by atoms with Crippen molar-refractivity contribution in [3.8, 4) is 0 Å². The molecule has 160 valence electrons. The monoisotopic (exact) mass is 437 g/mol. The van der Waals surface area contributed by atoms with Crippen LogP contribution in [0.25, 0.3) is 0 Å². The fourth-order valence-electron chi connectivity index (χ4n) is 3.81. The van der Waals surface area contributed by atoms with Crippen LogP contribution in [0.4, 0.5) is 5.69 Å². The molecule has 0 aliphatic carbocycles. The first-order valence-electron chi connectivity index (χ1n) is 10.1. The van der Waals surface area contributed by atoms with Gasteiger partial charge in [0.1, 0.15) is 0 Å². The molecule has 3 rings (SSSR count). The van der Waals surface area contributed by atoms with E-state index in [2.05, 4.69) is 40.5 Å². The molecule has 0 atom stereocenters. The Balaban J connectivity index is 0.00000210. The van der Waals surface area contributed by atoms with Gasteiger partial charge in [-0.2, -0.15) is 0 Å². The summed E-state index contributed by atoms with van der Waals surface area (Å²) < 4.78 is 0. The van der Waals surface area contributed by atoms with Gasteiger partial charge in [-0.25, -0.2) is 0 Å². The molecule has 29 heavy (non-hydrogen) atoms. The minimum atomic E-state index is -0.0379. The van der Waals surface area contributed by atoms with E-state index in [0.717, 1.165) is 31.8 Å². The summed E-state index contributed by atoms with van der Waals surface area (Å²) in [5, 5.41) is 2.99. The molecule has 0 unspecified atom stereocenters. The van der Waals surface area contributed by atoms with Crippen LogP contribution in [0, 0.1) is 5.92 Å². The van der Waals surface area contributed by atoms with E-state index >= 15 is 0 Å². The van der Waals surface area contributed by atoms with Crippen molar-refractivity contribution in [3.63, 3.8) is 0 Å². The highest BCUT2D eigenvalue weighted by Gasteiger charge is 2.18. The van der Waals surface area contributed by atoms with E-state index in [1.807, 2.05) is 6.07 Å². The molecule has 1 saturated heterocycles. The Morgan fingerprint density at radius 3 is 2.41 bits per heavy atom. The number of nitrogens with one attached hydrogen (secondary N) is 1. The third kappa shape index (κ3) is 8.65. The summed E-state index contributed by atoms with van der Waals surface area (Å²) in [4.78, 5) is 14.6. The number of rotatable bonds is 8. The van der Waals surface area contributed by atoms with Crippen LogP contribution in [0.15, 0.2) is 54.6 Å². The first-order chi connectivity index (χ1) is 13.2. The van der Waals surface area contributed by atoms with Gasteiger partial charge in [-0.05, 0) is 81.4 Å². The number of carbonyl (C=O) groups excluding carboxylic acids is 1. The molecule has 0 radical (unpaired) electrons. The lowest BCUT2D eigenvalue weighted by molar-refractivity contribution is 0.0952. The number of unbranched alkanes of at least 4 members (excludes halogenated alkanes) is 1. The second-order valence-corrected chi connectivity index (χ2v) is 7.56. The molecular weight excluding hydrogens is 405 g/mol. The molecule has 6 heteroatoms. The fraction of sp³-hybridized carbons (Fsp3) is 0.435. The number of nitrogens with two attached hydrogens (primary N) is 1. The van der Waals surface area contributed by atoms with Crippen LogP contribution < -0.4 is 11.1 Å². The summed E-state index contributed by atoms with van der Waals surface area (Å²) in [6, 6.07) is 18.0. The number of nitrogen functional groups attached to an aromatic ring is 1. The Morgan fingerprint density at radius 2 is 1.72 bits per heavy atom. The minimum Gasteiger partial charge on any atom is -0.399 e. The van der Waals surface area contributed by atoms with Crippen molar-refractivity contribution < 1.29 is 4.79 Å². The van der Waals surface area contributed by atoms with Gasteiger partial charge in [0.2, 0.25) is 0 Å². The summed E-state index contributed by atoms with van der Waals surface area (Å²) >= 11 is 0. The Kier molecular flexibility index (Phi) is 11.7. The zero-order chi connectivity index (χ0) is 18.9. The quantitative estimate of drug-likeness (QED) is 0.469. The number of likely N-dealkylation sites (tertiary alicyclic amines) is 1. The van der Waals surface area contributed by atoms with Gasteiger partial charge < -0.3 is 16.0 Å². The van der Waals surface area contributed by atoms with Gasteiger partial charge in [-0.1, -0.05) is 36.4 Å². The summed E-state index contributed by atoms with van der Waals surface area (Å²) in [6.07, 6.45) is 5.94. The number of amides is 1. The Labute approximate surface area is 187 Å². The highest BCUT2D eigenvalue weighted by molar-refractivity contribution is 5.94. The molecule has 1 aliphatic heterocycles. The Morgan fingerprint density at radius 1 is 1.00 bits per heavy atom. The maximum absolute atomic E-state index is 12.1. The van der Waals surface area contributed by atoms with Crippen LogP contribution in [0.1, 0.15) is 41.6 Å². The number of nitrogens with zero attached hydrogens (tertiary/aromatic N) is 1. The van der Waals surface area contributed by atoms with E-state index < -0.39 is 0 Å². The van der Waals surface area contributed by atoms with Crippen molar-refractivity contribution in [1.82, 2.24) is 10.2 Å². The highest BCUT2D eigenvalue weighted by Crippen LogP contribution is 2.21. The molecule has 1 heterocycles. The van der Waals surface area contributed by atoms with Gasteiger partial charge in [0, 0.05) is 17.8 Å². The zero-order valence-corrected chi connectivity index (χ0v) is 18.5. The average Bonchev–Trinajstić information content (AvgIpc) is 2.69. The average molecular weight is 438 g/mol. The van der Waals surface area contributed by atoms with E-state index in [9.17, 15) is 4.79 Å². The molecule has 0 spiro atoms. The molecule has 2 aromatic carbocycles. The molecule has 1 fully saturated rings. The van der Waals surface area contributed by atoms with Gasteiger partial charge >= 0.3 is 0 Å². The lowest BCUT2D eigenvalue weighted by Crippen LogP contribution is -2.35. The zero-order valence-electron chi connectivity index (χ0n) is 16.9. The molecule has 1 aliphatic rings. The van der Waals surface area contributed by atoms with Gasteiger partial charge in [-0.3, -0.25) is 4.79 Å².